The molecule has 78 valence electrons. The van der Waals surface area contributed by atoms with Crippen LogP contribution in [0.1, 0.15) is 16.7 Å². The summed E-state index contributed by atoms with van der Waals surface area (Å²) < 4.78 is 5.00. The molecule has 0 bridgehead atoms. The van der Waals surface area contributed by atoms with Crippen molar-refractivity contribution in [1.29, 1.82) is 5.26 Å². The highest BCUT2D eigenvalue weighted by atomic mass is 16.5. The molecule has 0 fully saturated rings. The normalized spacial score (nSPS) is 9.40. The van der Waals surface area contributed by atoms with Crippen LogP contribution in [-0.2, 0) is 11.2 Å². The van der Waals surface area contributed by atoms with E-state index >= 15 is 0 Å². The lowest BCUT2D eigenvalue weighted by atomic mass is 10.0. The minimum absolute atomic E-state index is 0.0616. The quantitative estimate of drug-likeness (QED) is 0.811. The van der Waals surface area contributed by atoms with Gasteiger partial charge in [0.1, 0.15) is 11.8 Å². The largest absolute Gasteiger partial charge is 0.495 e. The fraction of sp³-hybridized carbons (Fsp3) is 0.273. The van der Waals surface area contributed by atoms with E-state index in [-0.39, 0.29) is 6.42 Å². The molecule has 0 aliphatic carbocycles. The molecule has 4 heteroatoms. The lowest BCUT2D eigenvalue weighted by Crippen LogP contribution is -2.03. The van der Waals surface area contributed by atoms with Crippen LogP contribution in [-0.4, -0.2) is 18.2 Å². The van der Waals surface area contributed by atoms with E-state index in [1.807, 2.05) is 6.07 Å². The van der Waals surface area contributed by atoms with E-state index in [2.05, 4.69) is 0 Å². The molecule has 15 heavy (non-hydrogen) atoms. The molecular formula is C11H11NO3. The molecule has 0 amide bonds. The first-order chi connectivity index (χ1) is 7.08. The maximum Gasteiger partial charge on any atom is 0.307 e. The number of rotatable bonds is 3. The third-order valence-corrected chi connectivity index (χ3v) is 2.12. The van der Waals surface area contributed by atoms with Crippen molar-refractivity contribution in [2.24, 2.45) is 0 Å². The maximum absolute atomic E-state index is 10.6. The third kappa shape index (κ3) is 2.47. The summed E-state index contributed by atoms with van der Waals surface area (Å²) >= 11 is 0. The van der Waals surface area contributed by atoms with Crippen LogP contribution in [0.2, 0.25) is 0 Å². The molecular weight excluding hydrogens is 194 g/mol. The summed E-state index contributed by atoms with van der Waals surface area (Å²) in [6, 6.07) is 5.23. The molecule has 1 N–H and O–H groups in total. The van der Waals surface area contributed by atoms with E-state index in [0.29, 0.717) is 16.9 Å². The molecule has 0 radical (unpaired) electrons. The summed E-state index contributed by atoms with van der Waals surface area (Å²) in [6.45, 7) is 1.78. The highest BCUT2D eigenvalue weighted by molar-refractivity contribution is 5.71. The molecule has 0 saturated carbocycles. The number of ether oxygens (including phenoxy) is 1. The predicted molar refractivity (Wildman–Crippen MR) is 53.8 cm³/mol. The summed E-state index contributed by atoms with van der Waals surface area (Å²) in [6.07, 6.45) is -0.0616. The molecule has 0 atom stereocenters. The molecule has 4 nitrogen and oxygen atoms in total. The standard InChI is InChI=1S/C11H11NO3/c1-7-3-9(6-12)10(15-2)4-8(7)5-11(13)14/h3-4H,5H2,1-2H3,(H,13,14). The molecule has 0 saturated heterocycles. The van der Waals surface area contributed by atoms with Gasteiger partial charge in [0.2, 0.25) is 0 Å². The average Bonchev–Trinajstić information content (AvgIpc) is 2.19. The first-order valence-electron chi connectivity index (χ1n) is 4.38. The number of carboxylic acids is 1. The smallest absolute Gasteiger partial charge is 0.307 e. The van der Waals surface area contributed by atoms with Crippen LogP contribution < -0.4 is 4.74 Å². The number of methoxy groups -OCH3 is 1. The Labute approximate surface area is 87.7 Å². The first-order valence-corrected chi connectivity index (χ1v) is 4.38. The van der Waals surface area contributed by atoms with E-state index in [1.165, 1.54) is 7.11 Å². The lowest BCUT2D eigenvalue weighted by Gasteiger charge is -2.08. The molecule has 0 aromatic heterocycles. The summed E-state index contributed by atoms with van der Waals surface area (Å²) in [5.41, 5.74) is 1.87. The van der Waals surface area contributed by atoms with Gasteiger partial charge in [-0.1, -0.05) is 0 Å². The number of benzene rings is 1. The molecule has 0 spiro atoms. The zero-order valence-corrected chi connectivity index (χ0v) is 8.57. The molecule has 0 heterocycles. The molecule has 0 aliphatic rings. The van der Waals surface area contributed by atoms with E-state index in [1.54, 1.807) is 19.1 Å². The first kappa shape index (κ1) is 11.1. The zero-order valence-electron chi connectivity index (χ0n) is 8.57. The van der Waals surface area contributed by atoms with E-state index in [9.17, 15) is 4.79 Å². The molecule has 1 rings (SSSR count). The average molecular weight is 205 g/mol. The number of carboxylic acid groups (broad SMARTS) is 1. The van der Waals surface area contributed by atoms with E-state index in [4.69, 9.17) is 15.1 Å². The Hall–Kier alpha value is -2.02. The van der Waals surface area contributed by atoms with Crippen molar-refractivity contribution in [2.45, 2.75) is 13.3 Å². The van der Waals surface area contributed by atoms with Crippen molar-refractivity contribution in [2.75, 3.05) is 7.11 Å². The lowest BCUT2D eigenvalue weighted by molar-refractivity contribution is -0.136. The van der Waals surface area contributed by atoms with Crippen molar-refractivity contribution in [1.82, 2.24) is 0 Å². The van der Waals surface area contributed by atoms with Crippen LogP contribution in [0, 0.1) is 18.3 Å². The second-order valence-corrected chi connectivity index (χ2v) is 3.16. The topological polar surface area (TPSA) is 70.3 Å². The van der Waals surface area contributed by atoms with Crippen molar-refractivity contribution >= 4 is 5.97 Å². The third-order valence-electron chi connectivity index (χ3n) is 2.12. The van der Waals surface area contributed by atoms with Gasteiger partial charge in [0, 0.05) is 0 Å². The Balaban J connectivity index is 3.21. The minimum Gasteiger partial charge on any atom is -0.495 e. The second kappa shape index (κ2) is 4.47. The predicted octanol–water partition coefficient (Wildman–Crippen LogP) is 1.50. The fourth-order valence-corrected chi connectivity index (χ4v) is 1.34. The number of aliphatic carboxylic acids is 1. The van der Waals surface area contributed by atoms with Crippen LogP contribution in [0.5, 0.6) is 5.75 Å². The van der Waals surface area contributed by atoms with Crippen LogP contribution in [0.4, 0.5) is 0 Å². The van der Waals surface area contributed by atoms with Crippen LogP contribution in [0.25, 0.3) is 0 Å². The summed E-state index contributed by atoms with van der Waals surface area (Å²) in [5.74, 6) is -0.482. The molecule has 0 unspecified atom stereocenters. The zero-order chi connectivity index (χ0) is 11.4. The Morgan fingerprint density at radius 1 is 1.60 bits per heavy atom. The van der Waals surface area contributed by atoms with Crippen molar-refractivity contribution in [3.05, 3.63) is 28.8 Å². The molecule has 0 aliphatic heterocycles. The van der Waals surface area contributed by atoms with Gasteiger partial charge < -0.3 is 9.84 Å². The molecule has 1 aromatic carbocycles. The van der Waals surface area contributed by atoms with Gasteiger partial charge in [0.15, 0.2) is 0 Å². The Morgan fingerprint density at radius 3 is 2.73 bits per heavy atom. The number of aryl methyl sites for hydroxylation is 1. The van der Waals surface area contributed by atoms with Crippen LogP contribution >= 0.6 is 0 Å². The maximum atomic E-state index is 10.6. The van der Waals surface area contributed by atoms with Gasteiger partial charge in [0.25, 0.3) is 0 Å². The Bertz CT molecular complexity index is 432. The van der Waals surface area contributed by atoms with E-state index in [0.717, 1.165) is 5.56 Å². The SMILES string of the molecule is COc1cc(CC(=O)O)c(C)cc1C#N. The van der Waals surface area contributed by atoms with E-state index < -0.39 is 5.97 Å². The van der Waals surface area contributed by atoms with Gasteiger partial charge in [-0.05, 0) is 30.2 Å². The highest BCUT2D eigenvalue weighted by Gasteiger charge is 2.09. The van der Waals surface area contributed by atoms with Crippen molar-refractivity contribution < 1.29 is 14.6 Å². The van der Waals surface area contributed by atoms with Gasteiger partial charge >= 0.3 is 5.97 Å². The van der Waals surface area contributed by atoms with Crippen molar-refractivity contribution in [3.8, 4) is 11.8 Å². The minimum atomic E-state index is -0.898. The van der Waals surface area contributed by atoms with Gasteiger partial charge in [0.05, 0.1) is 19.1 Å². The fourth-order valence-electron chi connectivity index (χ4n) is 1.34. The van der Waals surface area contributed by atoms with Gasteiger partial charge in [-0.3, -0.25) is 4.79 Å². The summed E-state index contributed by atoms with van der Waals surface area (Å²) in [5, 5.41) is 17.5. The number of nitrogens with zero attached hydrogens (tertiary/aromatic N) is 1. The second-order valence-electron chi connectivity index (χ2n) is 3.16. The van der Waals surface area contributed by atoms with Crippen molar-refractivity contribution in [3.63, 3.8) is 0 Å². The number of hydrogen-bond donors (Lipinski definition) is 1. The monoisotopic (exact) mass is 205 g/mol. The molecule has 1 aromatic rings. The van der Waals surface area contributed by atoms with Gasteiger partial charge in [-0.15, -0.1) is 0 Å². The number of hydrogen-bond acceptors (Lipinski definition) is 3. The van der Waals surface area contributed by atoms with Crippen LogP contribution in [0.15, 0.2) is 12.1 Å². The Morgan fingerprint density at radius 2 is 2.27 bits per heavy atom. The van der Waals surface area contributed by atoms with Gasteiger partial charge in [-0.25, -0.2) is 0 Å². The summed E-state index contributed by atoms with van der Waals surface area (Å²) in [4.78, 5) is 10.6. The summed E-state index contributed by atoms with van der Waals surface area (Å²) in [7, 11) is 1.45. The van der Waals surface area contributed by atoms with Crippen LogP contribution in [0.3, 0.4) is 0 Å². The number of nitriles is 1. The van der Waals surface area contributed by atoms with Gasteiger partial charge in [-0.2, -0.15) is 5.26 Å². The Kier molecular flexibility index (Phi) is 3.29. The number of carbonyl (C=O) groups is 1. The highest BCUT2D eigenvalue weighted by Crippen LogP contribution is 2.23.